The van der Waals surface area contributed by atoms with Crippen LogP contribution in [0.5, 0.6) is 11.5 Å². The summed E-state index contributed by atoms with van der Waals surface area (Å²) in [7, 11) is 0. The Balaban J connectivity index is 1.98. The van der Waals surface area contributed by atoms with Crippen LogP contribution in [0, 0.1) is 27.7 Å². The van der Waals surface area contributed by atoms with E-state index in [1.165, 1.54) is 27.8 Å². The number of aryl methyl sites for hydroxylation is 4. The van der Waals surface area contributed by atoms with Crippen LogP contribution in [-0.2, 0) is 5.41 Å². The molecule has 0 aliphatic carbocycles. The Morgan fingerprint density at radius 2 is 1.54 bits per heavy atom. The summed E-state index contributed by atoms with van der Waals surface area (Å²) in [6.45, 7) is 18.2. The normalized spacial score (nSPS) is 12.7. The van der Waals surface area contributed by atoms with Crippen molar-refractivity contribution in [3.05, 3.63) is 58.1 Å². The van der Waals surface area contributed by atoms with Gasteiger partial charge in [0, 0.05) is 0 Å². The molecule has 1 atom stereocenters. The summed E-state index contributed by atoms with van der Waals surface area (Å²) in [4.78, 5) is 0. The molecule has 0 bridgehead atoms. The molecule has 0 aliphatic heterocycles. The predicted molar refractivity (Wildman–Crippen MR) is 120 cm³/mol. The first-order chi connectivity index (χ1) is 13.1. The van der Waals surface area contributed by atoms with Crippen molar-refractivity contribution in [1.82, 2.24) is 0 Å². The van der Waals surface area contributed by atoms with E-state index in [-0.39, 0.29) is 11.5 Å². The lowest BCUT2D eigenvalue weighted by atomic mass is 9.85. The Labute approximate surface area is 172 Å². The van der Waals surface area contributed by atoms with Gasteiger partial charge < -0.3 is 9.47 Å². The summed E-state index contributed by atoms with van der Waals surface area (Å²) in [6.07, 6.45) is 3.20. The average molecular weight is 383 g/mol. The largest absolute Gasteiger partial charge is 0.493 e. The number of para-hydroxylation sites is 1. The van der Waals surface area contributed by atoms with E-state index in [9.17, 15) is 0 Å². The minimum Gasteiger partial charge on any atom is -0.493 e. The fourth-order valence-corrected chi connectivity index (χ4v) is 3.79. The van der Waals surface area contributed by atoms with Gasteiger partial charge in [0.25, 0.3) is 0 Å². The molecule has 0 aromatic heterocycles. The summed E-state index contributed by atoms with van der Waals surface area (Å²) >= 11 is 0. The van der Waals surface area contributed by atoms with Crippen LogP contribution in [0.25, 0.3) is 0 Å². The Kier molecular flexibility index (Phi) is 7.57. The molecule has 0 saturated heterocycles. The molecular formula is C26H38O2. The zero-order valence-electron chi connectivity index (χ0n) is 19.1. The van der Waals surface area contributed by atoms with Crippen LogP contribution in [0.4, 0.5) is 0 Å². The molecular weight excluding hydrogens is 344 g/mol. The smallest absolute Gasteiger partial charge is 0.126 e. The topological polar surface area (TPSA) is 18.5 Å². The number of benzene rings is 2. The maximum atomic E-state index is 6.51. The van der Waals surface area contributed by atoms with E-state index in [2.05, 4.69) is 85.7 Å². The second kappa shape index (κ2) is 9.49. The van der Waals surface area contributed by atoms with Crippen molar-refractivity contribution in [3.63, 3.8) is 0 Å². The van der Waals surface area contributed by atoms with E-state index in [0.717, 1.165) is 37.4 Å². The first-order valence-corrected chi connectivity index (χ1v) is 10.6. The van der Waals surface area contributed by atoms with Crippen molar-refractivity contribution in [2.75, 3.05) is 6.61 Å². The molecule has 2 heteroatoms. The molecule has 0 aliphatic rings. The van der Waals surface area contributed by atoms with Crippen molar-refractivity contribution in [2.45, 2.75) is 86.2 Å². The fraction of sp³-hybridized carbons (Fsp3) is 0.538. The summed E-state index contributed by atoms with van der Waals surface area (Å²) in [5.41, 5.74) is 6.30. The molecule has 0 amide bonds. The SMILES string of the molecule is CCC(CCCOc1c(C)cc(C)cc1C)Oc1c(C)cccc1C(C)(C)C. The van der Waals surface area contributed by atoms with Crippen molar-refractivity contribution in [2.24, 2.45) is 0 Å². The van der Waals surface area contributed by atoms with Crippen LogP contribution in [0.15, 0.2) is 30.3 Å². The van der Waals surface area contributed by atoms with Gasteiger partial charge in [-0.05, 0) is 74.6 Å². The molecule has 0 fully saturated rings. The van der Waals surface area contributed by atoms with Gasteiger partial charge in [0.05, 0.1) is 12.7 Å². The van der Waals surface area contributed by atoms with E-state index >= 15 is 0 Å². The molecule has 2 aromatic rings. The van der Waals surface area contributed by atoms with E-state index in [4.69, 9.17) is 9.47 Å². The van der Waals surface area contributed by atoms with Crippen LogP contribution in [0.3, 0.4) is 0 Å². The van der Waals surface area contributed by atoms with Gasteiger partial charge in [0.1, 0.15) is 11.5 Å². The monoisotopic (exact) mass is 382 g/mol. The molecule has 0 radical (unpaired) electrons. The van der Waals surface area contributed by atoms with Crippen LogP contribution < -0.4 is 9.47 Å². The van der Waals surface area contributed by atoms with Gasteiger partial charge >= 0.3 is 0 Å². The van der Waals surface area contributed by atoms with Gasteiger partial charge in [0.15, 0.2) is 0 Å². The quantitative estimate of drug-likeness (QED) is 0.448. The highest BCUT2D eigenvalue weighted by molar-refractivity contribution is 5.45. The average Bonchev–Trinajstić information content (AvgIpc) is 2.59. The van der Waals surface area contributed by atoms with E-state index < -0.39 is 0 Å². The number of ether oxygens (including phenoxy) is 2. The van der Waals surface area contributed by atoms with Gasteiger partial charge in [-0.3, -0.25) is 0 Å². The van der Waals surface area contributed by atoms with Crippen molar-refractivity contribution >= 4 is 0 Å². The number of hydrogen-bond acceptors (Lipinski definition) is 2. The summed E-state index contributed by atoms with van der Waals surface area (Å²) in [5.74, 6) is 2.10. The first kappa shape index (κ1) is 22.3. The molecule has 28 heavy (non-hydrogen) atoms. The molecule has 2 nitrogen and oxygen atoms in total. The van der Waals surface area contributed by atoms with Crippen LogP contribution >= 0.6 is 0 Å². The second-order valence-corrected chi connectivity index (χ2v) is 9.07. The summed E-state index contributed by atoms with van der Waals surface area (Å²) < 4.78 is 12.6. The maximum absolute atomic E-state index is 6.51. The lowest BCUT2D eigenvalue weighted by Gasteiger charge is -2.27. The molecule has 1 unspecified atom stereocenters. The molecule has 2 aromatic carbocycles. The van der Waals surface area contributed by atoms with Crippen LogP contribution in [-0.4, -0.2) is 12.7 Å². The molecule has 0 heterocycles. The lowest BCUT2D eigenvalue weighted by molar-refractivity contribution is 0.168. The summed E-state index contributed by atoms with van der Waals surface area (Å²) in [5, 5.41) is 0. The van der Waals surface area contributed by atoms with Crippen LogP contribution in [0.2, 0.25) is 0 Å². The van der Waals surface area contributed by atoms with Gasteiger partial charge in [0.2, 0.25) is 0 Å². The van der Waals surface area contributed by atoms with Gasteiger partial charge in [-0.2, -0.15) is 0 Å². The van der Waals surface area contributed by atoms with Crippen molar-refractivity contribution in [1.29, 1.82) is 0 Å². The Bertz CT molecular complexity index is 761. The molecule has 0 saturated carbocycles. The Hall–Kier alpha value is -1.96. The number of hydrogen-bond donors (Lipinski definition) is 0. The van der Waals surface area contributed by atoms with Crippen molar-refractivity contribution in [3.8, 4) is 11.5 Å². The number of rotatable bonds is 8. The third kappa shape index (κ3) is 5.77. The molecule has 154 valence electrons. The zero-order chi connectivity index (χ0) is 20.9. The predicted octanol–water partition coefficient (Wildman–Crippen LogP) is 7.23. The highest BCUT2D eigenvalue weighted by Gasteiger charge is 2.22. The van der Waals surface area contributed by atoms with Crippen molar-refractivity contribution < 1.29 is 9.47 Å². The highest BCUT2D eigenvalue weighted by Crippen LogP contribution is 2.35. The maximum Gasteiger partial charge on any atom is 0.126 e. The van der Waals surface area contributed by atoms with E-state index in [1.54, 1.807) is 0 Å². The minimum atomic E-state index is 0.0727. The summed E-state index contributed by atoms with van der Waals surface area (Å²) in [6, 6.07) is 10.8. The van der Waals surface area contributed by atoms with Gasteiger partial charge in [-0.25, -0.2) is 0 Å². The fourth-order valence-electron chi connectivity index (χ4n) is 3.79. The van der Waals surface area contributed by atoms with Gasteiger partial charge in [-0.15, -0.1) is 0 Å². The minimum absolute atomic E-state index is 0.0727. The molecule has 2 rings (SSSR count). The third-order valence-electron chi connectivity index (χ3n) is 5.28. The standard InChI is InChI=1S/C26H38O2/c1-9-22(28-25-19(3)12-10-14-23(25)26(6,7)8)13-11-15-27-24-20(4)16-18(2)17-21(24)5/h10,12,14,16-17,22H,9,11,13,15H2,1-8H3. The highest BCUT2D eigenvalue weighted by atomic mass is 16.5. The zero-order valence-corrected chi connectivity index (χ0v) is 19.1. The van der Waals surface area contributed by atoms with E-state index in [1.807, 2.05) is 0 Å². The Morgan fingerprint density at radius 3 is 2.11 bits per heavy atom. The van der Waals surface area contributed by atoms with Gasteiger partial charge in [-0.1, -0.05) is 63.6 Å². The Morgan fingerprint density at radius 1 is 0.893 bits per heavy atom. The third-order valence-corrected chi connectivity index (χ3v) is 5.28. The van der Waals surface area contributed by atoms with E-state index in [0.29, 0.717) is 0 Å². The lowest BCUT2D eigenvalue weighted by Crippen LogP contribution is -2.21. The molecule has 0 spiro atoms. The van der Waals surface area contributed by atoms with Crippen LogP contribution in [0.1, 0.15) is 74.8 Å². The first-order valence-electron chi connectivity index (χ1n) is 10.6. The second-order valence-electron chi connectivity index (χ2n) is 9.07. The molecule has 0 N–H and O–H groups in total.